The Kier molecular flexibility index (Phi) is 6.09. The highest BCUT2D eigenvalue weighted by atomic mass is 16.2. The summed E-state index contributed by atoms with van der Waals surface area (Å²) < 4.78 is 0. The summed E-state index contributed by atoms with van der Waals surface area (Å²) in [5.74, 6) is 0.258. The molecule has 0 radical (unpaired) electrons. The maximum absolute atomic E-state index is 12.4. The van der Waals surface area contributed by atoms with Gasteiger partial charge in [0.05, 0.1) is 6.04 Å². The molecule has 0 saturated carbocycles. The third-order valence-electron chi connectivity index (χ3n) is 3.83. The second-order valence-electron chi connectivity index (χ2n) is 5.85. The summed E-state index contributed by atoms with van der Waals surface area (Å²) >= 11 is 0. The van der Waals surface area contributed by atoms with Gasteiger partial charge in [-0.3, -0.25) is 4.79 Å². The van der Waals surface area contributed by atoms with Crippen molar-refractivity contribution in [2.24, 2.45) is 0 Å². The second kappa shape index (κ2) is 7.10. The van der Waals surface area contributed by atoms with E-state index >= 15 is 0 Å². The van der Waals surface area contributed by atoms with Crippen LogP contribution in [0.5, 0.6) is 0 Å². The zero-order valence-corrected chi connectivity index (χ0v) is 12.6. The van der Waals surface area contributed by atoms with Gasteiger partial charge in [0.1, 0.15) is 0 Å². The third-order valence-corrected chi connectivity index (χ3v) is 3.83. The Morgan fingerprint density at radius 1 is 1.33 bits per heavy atom. The van der Waals surface area contributed by atoms with Gasteiger partial charge in [0.25, 0.3) is 0 Å². The first kappa shape index (κ1) is 15.4. The number of carbonyl (C=O) groups is 1. The molecule has 0 aliphatic carbocycles. The van der Waals surface area contributed by atoms with Gasteiger partial charge in [-0.25, -0.2) is 0 Å². The van der Waals surface area contributed by atoms with E-state index in [0.29, 0.717) is 12.1 Å². The van der Waals surface area contributed by atoms with E-state index in [0.717, 1.165) is 25.9 Å². The number of hydrogen-bond acceptors (Lipinski definition) is 3. The number of hydrogen-bond donors (Lipinski definition) is 1. The van der Waals surface area contributed by atoms with Crippen molar-refractivity contribution in [2.75, 3.05) is 27.2 Å². The average molecular weight is 255 g/mol. The minimum atomic E-state index is -0.0760. The van der Waals surface area contributed by atoms with Crippen molar-refractivity contribution in [1.82, 2.24) is 15.1 Å². The summed E-state index contributed by atoms with van der Waals surface area (Å²) in [4.78, 5) is 16.6. The molecule has 0 unspecified atom stereocenters. The van der Waals surface area contributed by atoms with Gasteiger partial charge >= 0.3 is 0 Å². The minimum absolute atomic E-state index is 0.0760. The van der Waals surface area contributed by atoms with Gasteiger partial charge in [-0.15, -0.1) is 0 Å². The number of carbonyl (C=O) groups excluding carboxylic acids is 1. The molecule has 0 aromatic rings. The van der Waals surface area contributed by atoms with Crippen molar-refractivity contribution in [3.05, 3.63) is 0 Å². The van der Waals surface area contributed by atoms with Crippen molar-refractivity contribution in [2.45, 2.75) is 58.2 Å². The highest BCUT2D eigenvalue weighted by Crippen LogP contribution is 2.23. The van der Waals surface area contributed by atoms with Crippen molar-refractivity contribution >= 4 is 5.91 Å². The molecule has 4 nitrogen and oxygen atoms in total. The fraction of sp³-hybridized carbons (Fsp3) is 0.929. The van der Waals surface area contributed by atoms with E-state index in [9.17, 15) is 4.79 Å². The first-order valence-corrected chi connectivity index (χ1v) is 7.13. The number of piperidine rings is 1. The normalized spacial score (nSPS) is 26.4. The Morgan fingerprint density at radius 3 is 2.39 bits per heavy atom. The van der Waals surface area contributed by atoms with E-state index in [1.807, 2.05) is 21.0 Å². The molecule has 4 heteroatoms. The smallest absolute Gasteiger partial charge is 0.239 e. The number of amides is 1. The first-order chi connectivity index (χ1) is 8.43. The number of rotatable bonds is 5. The van der Waals surface area contributed by atoms with Gasteiger partial charge in [0, 0.05) is 25.2 Å². The van der Waals surface area contributed by atoms with Crippen LogP contribution in [0, 0.1) is 0 Å². The molecule has 0 bridgehead atoms. The van der Waals surface area contributed by atoms with Gasteiger partial charge in [-0.2, -0.15) is 0 Å². The van der Waals surface area contributed by atoms with Crippen LogP contribution < -0.4 is 5.32 Å². The fourth-order valence-electron chi connectivity index (χ4n) is 2.67. The Morgan fingerprint density at radius 2 is 1.89 bits per heavy atom. The molecule has 1 aliphatic rings. The number of nitrogens with one attached hydrogen (secondary N) is 1. The summed E-state index contributed by atoms with van der Waals surface area (Å²) in [6.45, 7) is 8.13. The maximum atomic E-state index is 12.4. The predicted octanol–water partition coefficient (Wildman–Crippen LogP) is 1.32. The monoisotopic (exact) mass is 255 g/mol. The van der Waals surface area contributed by atoms with Gasteiger partial charge in [-0.1, -0.05) is 0 Å². The zero-order chi connectivity index (χ0) is 13.7. The molecular formula is C14H29N3O. The lowest BCUT2D eigenvalue weighted by atomic mass is 9.96. The van der Waals surface area contributed by atoms with Crippen LogP contribution >= 0.6 is 0 Å². The van der Waals surface area contributed by atoms with Crippen molar-refractivity contribution in [3.8, 4) is 0 Å². The van der Waals surface area contributed by atoms with Gasteiger partial charge in [-0.05, 0) is 54.1 Å². The third kappa shape index (κ3) is 4.25. The standard InChI is InChI=1S/C14H29N3O/c1-11-7-6-8-12(2)17(11)14(18)13(3)15-9-10-16(4)5/h11-13,15H,6-10H2,1-5H3/t11-,12-,13+/m0/s1. The lowest BCUT2D eigenvalue weighted by Crippen LogP contribution is -2.54. The largest absolute Gasteiger partial charge is 0.336 e. The molecule has 1 saturated heterocycles. The van der Waals surface area contributed by atoms with Crippen LogP contribution in [0.2, 0.25) is 0 Å². The zero-order valence-electron chi connectivity index (χ0n) is 12.6. The molecule has 106 valence electrons. The lowest BCUT2D eigenvalue weighted by Gasteiger charge is -2.40. The van der Waals surface area contributed by atoms with Crippen LogP contribution in [0.4, 0.5) is 0 Å². The van der Waals surface area contributed by atoms with E-state index in [-0.39, 0.29) is 11.9 Å². The van der Waals surface area contributed by atoms with Crippen LogP contribution in [0.15, 0.2) is 0 Å². The Labute approximate surface area is 112 Å². The number of likely N-dealkylation sites (tertiary alicyclic amines) is 1. The highest BCUT2D eigenvalue weighted by molar-refractivity contribution is 5.82. The summed E-state index contributed by atoms with van der Waals surface area (Å²) in [6.07, 6.45) is 3.52. The first-order valence-electron chi connectivity index (χ1n) is 7.13. The van der Waals surface area contributed by atoms with Crippen molar-refractivity contribution < 1.29 is 4.79 Å². The minimum Gasteiger partial charge on any atom is -0.336 e. The summed E-state index contributed by atoms with van der Waals surface area (Å²) in [5.41, 5.74) is 0. The Hall–Kier alpha value is -0.610. The van der Waals surface area contributed by atoms with Crippen LogP contribution in [0.25, 0.3) is 0 Å². The van der Waals surface area contributed by atoms with E-state index in [1.165, 1.54) is 6.42 Å². The molecule has 3 atom stereocenters. The predicted molar refractivity (Wildman–Crippen MR) is 75.6 cm³/mol. The number of nitrogens with zero attached hydrogens (tertiary/aromatic N) is 2. The quantitative estimate of drug-likeness (QED) is 0.805. The van der Waals surface area contributed by atoms with E-state index in [2.05, 4.69) is 29.0 Å². The average Bonchev–Trinajstić information content (AvgIpc) is 2.27. The molecule has 1 N–H and O–H groups in total. The Bertz CT molecular complexity index is 258. The topological polar surface area (TPSA) is 35.6 Å². The molecule has 1 rings (SSSR count). The van der Waals surface area contributed by atoms with Crippen LogP contribution in [-0.4, -0.2) is 61.0 Å². The lowest BCUT2D eigenvalue weighted by molar-refractivity contribution is -0.139. The molecule has 1 amide bonds. The summed E-state index contributed by atoms with van der Waals surface area (Å²) in [5, 5.41) is 3.32. The van der Waals surface area contributed by atoms with E-state index in [4.69, 9.17) is 0 Å². The fourth-order valence-corrected chi connectivity index (χ4v) is 2.67. The Balaban J connectivity index is 2.46. The van der Waals surface area contributed by atoms with E-state index in [1.54, 1.807) is 0 Å². The van der Waals surface area contributed by atoms with E-state index < -0.39 is 0 Å². The van der Waals surface area contributed by atoms with Crippen molar-refractivity contribution in [3.63, 3.8) is 0 Å². The molecule has 0 aromatic heterocycles. The van der Waals surface area contributed by atoms with Crippen LogP contribution in [-0.2, 0) is 4.79 Å². The molecule has 0 spiro atoms. The second-order valence-corrected chi connectivity index (χ2v) is 5.85. The SMILES string of the molecule is C[C@@H](NCCN(C)C)C(=O)N1[C@@H](C)CCC[C@@H]1C. The molecule has 18 heavy (non-hydrogen) atoms. The molecule has 1 heterocycles. The molecule has 1 fully saturated rings. The number of likely N-dealkylation sites (N-methyl/N-ethyl adjacent to an activating group) is 1. The summed E-state index contributed by atoms with van der Waals surface area (Å²) in [6, 6.07) is 0.701. The molecular weight excluding hydrogens is 226 g/mol. The van der Waals surface area contributed by atoms with Crippen LogP contribution in [0.3, 0.4) is 0 Å². The highest BCUT2D eigenvalue weighted by Gasteiger charge is 2.31. The summed E-state index contributed by atoms with van der Waals surface area (Å²) in [7, 11) is 4.09. The van der Waals surface area contributed by atoms with Gasteiger partial charge in [0.15, 0.2) is 0 Å². The molecule has 1 aliphatic heterocycles. The molecule has 0 aromatic carbocycles. The van der Waals surface area contributed by atoms with Crippen molar-refractivity contribution in [1.29, 1.82) is 0 Å². The van der Waals surface area contributed by atoms with Gasteiger partial charge in [0.2, 0.25) is 5.91 Å². The van der Waals surface area contributed by atoms with Gasteiger partial charge < -0.3 is 15.1 Å². The maximum Gasteiger partial charge on any atom is 0.239 e. The van der Waals surface area contributed by atoms with Crippen LogP contribution in [0.1, 0.15) is 40.0 Å².